The highest BCUT2D eigenvalue weighted by Gasteiger charge is 2.30. The van der Waals surface area contributed by atoms with E-state index in [1.54, 1.807) is 4.90 Å². The van der Waals surface area contributed by atoms with Gasteiger partial charge in [-0.1, -0.05) is 30.4 Å². The van der Waals surface area contributed by atoms with E-state index >= 15 is 0 Å². The Morgan fingerprint density at radius 3 is 2.52 bits per heavy atom. The molecule has 112 valence electrons. The van der Waals surface area contributed by atoms with Crippen LogP contribution in [0.3, 0.4) is 0 Å². The third-order valence-corrected chi connectivity index (χ3v) is 3.69. The Hall–Kier alpha value is -2.30. The van der Waals surface area contributed by atoms with Gasteiger partial charge in [0.1, 0.15) is 0 Å². The molecule has 1 aliphatic carbocycles. The van der Waals surface area contributed by atoms with Crippen LogP contribution in [-0.2, 0) is 4.79 Å². The molecule has 0 aromatic heterocycles. The number of anilines is 1. The Bertz CT molecular complexity index is 528. The fourth-order valence-electron chi connectivity index (χ4n) is 2.53. The summed E-state index contributed by atoms with van der Waals surface area (Å²) in [5, 5.41) is 12.1. The number of benzene rings is 1. The first-order valence-corrected chi connectivity index (χ1v) is 7.14. The third kappa shape index (κ3) is 3.62. The van der Waals surface area contributed by atoms with Gasteiger partial charge in [0.05, 0.1) is 5.92 Å². The standard InChI is InChI=1S/C16H20N2O3/c1-2-18(12-8-4-3-5-9-12)16(21)17-14-11-7-6-10-13(14)15(19)20/h3-9,13-14H,2,10-11H2,1H3,(H,17,21)(H,19,20)/t13-,14+/m0/s1. The van der Waals surface area contributed by atoms with E-state index < -0.39 is 11.9 Å². The Kier molecular flexibility index (Phi) is 4.98. The lowest BCUT2D eigenvalue weighted by Crippen LogP contribution is -2.49. The zero-order chi connectivity index (χ0) is 15.2. The summed E-state index contributed by atoms with van der Waals surface area (Å²) in [5.74, 6) is -1.43. The first-order valence-electron chi connectivity index (χ1n) is 7.14. The molecule has 21 heavy (non-hydrogen) atoms. The molecule has 1 aliphatic rings. The molecule has 0 saturated heterocycles. The molecule has 2 amide bonds. The first kappa shape index (κ1) is 15.1. The minimum atomic E-state index is -0.868. The molecule has 2 N–H and O–H groups in total. The fraction of sp³-hybridized carbons (Fsp3) is 0.375. The number of carbonyl (C=O) groups is 2. The molecule has 5 heteroatoms. The summed E-state index contributed by atoms with van der Waals surface area (Å²) in [6.45, 7) is 2.41. The number of para-hydroxylation sites is 1. The number of carboxylic acid groups (broad SMARTS) is 1. The fourth-order valence-corrected chi connectivity index (χ4v) is 2.53. The van der Waals surface area contributed by atoms with Crippen LogP contribution in [-0.4, -0.2) is 29.7 Å². The van der Waals surface area contributed by atoms with Crippen LogP contribution < -0.4 is 10.2 Å². The molecule has 5 nitrogen and oxygen atoms in total. The zero-order valence-corrected chi connectivity index (χ0v) is 12.0. The van der Waals surface area contributed by atoms with Gasteiger partial charge in [-0.15, -0.1) is 0 Å². The maximum Gasteiger partial charge on any atom is 0.322 e. The van der Waals surface area contributed by atoms with E-state index in [1.165, 1.54) is 0 Å². The van der Waals surface area contributed by atoms with E-state index in [1.807, 2.05) is 49.4 Å². The quantitative estimate of drug-likeness (QED) is 0.837. The second-order valence-corrected chi connectivity index (χ2v) is 5.02. The summed E-state index contributed by atoms with van der Waals surface area (Å²) in [4.78, 5) is 25.3. The van der Waals surface area contributed by atoms with Gasteiger partial charge in [-0.3, -0.25) is 9.69 Å². The molecule has 2 atom stereocenters. The maximum atomic E-state index is 12.4. The molecule has 2 rings (SSSR count). The van der Waals surface area contributed by atoms with Gasteiger partial charge in [-0.2, -0.15) is 0 Å². The summed E-state index contributed by atoms with van der Waals surface area (Å²) in [6, 6.07) is 8.73. The van der Waals surface area contributed by atoms with E-state index in [0.29, 0.717) is 19.4 Å². The van der Waals surface area contributed by atoms with Crippen LogP contribution in [0.2, 0.25) is 0 Å². The van der Waals surface area contributed by atoms with Gasteiger partial charge < -0.3 is 10.4 Å². The van der Waals surface area contributed by atoms with Crippen LogP contribution in [0.4, 0.5) is 10.5 Å². The first-order chi connectivity index (χ1) is 10.1. The largest absolute Gasteiger partial charge is 0.481 e. The molecule has 0 fully saturated rings. The zero-order valence-electron chi connectivity index (χ0n) is 12.0. The maximum absolute atomic E-state index is 12.4. The van der Waals surface area contributed by atoms with E-state index in [2.05, 4.69) is 5.32 Å². The van der Waals surface area contributed by atoms with Gasteiger partial charge >= 0.3 is 12.0 Å². The summed E-state index contributed by atoms with van der Waals surface area (Å²) in [6.07, 6.45) is 4.78. The van der Waals surface area contributed by atoms with Crippen LogP contribution in [0.25, 0.3) is 0 Å². The summed E-state index contributed by atoms with van der Waals surface area (Å²) in [7, 11) is 0. The van der Waals surface area contributed by atoms with Gasteiger partial charge in [0.2, 0.25) is 0 Å². The van der Waals surface area contributed by atoms with Crippen molar-refractivity contribution in [3.8, 4) is 0 Å². The van der Waals surface area contributed by atoms with Crippen molar-refractivity contribution in [2.45, 2.75) is 25.8 Å². The molecule has 1 aromatic rings. The molecule has 1 aromatic carbocycles. The minimum Gasteiger partial charge on any atom is -0.481 e. The Morgan fingerprint density at radius 2 is 1.90 bits per heavy atom. The average molecular weight is 288 g/mol. The van der Waals surface area contributed by atoms with Crippen molar-refractivity contribution in [2.24, 2.45) is 5.92 Å². The van der Waals surface area contributed by atoms with Crippen LogP contribution in [0.1, 0.15) is 19.8 Å². The molecular formula is C16H20N2O3. The molecular weight excluding hydrogens is 268 g/mol. The number of urea groups is 1. The monoisotopic (exact) mass is 288 g/mol. The number of carboxylic acids is 1. The molecule has 0 spiro atoms. The number of aliphatic carboxylic acids is 1. The molecule has 0 saturated carbocycles. The van der Waals surface area contributed by atoms with Gasteiger partial charge in [0.15, 0.2) is 0 Å². The SMILES string of the molecule is CCN(C(=O)N[C@@H]1CC=CC[C@@H]1C(=O)O)c1ccccc1. The number of amides is 2. The van der Waals surface area contributed by atoms with Crippen molar-refractivity contribution in [2.75, 3.05) is 11.4 Å². The van der Waals surface area contributed by atoms with E-state index in [9.17, 15) is 14.7 Å². The van der Waals surface area contributed by atoms with Crippen LogP contribution in [0.15, 0.2) is 42.5 Å². The van der Waals surface area contributed by atoms with Gasteiger partial charge in [0.25, 0.3) is 0 Å². The third-order valence-electron chi connectivity index (χ3n) is 3.69. The molecule has 0 radical (unpaired) electrons. The Labute approximate surface area is 124 Å². The predicted molar refractivity (Wildman–Crippen MR) is 81.3 cm³/mol. The van der Waals surface area contributed by atoms with Crippen molar-refractivity contribution in [3.63, 3.8) is 0 Å². The number of rotatable bonds is 4. The van der Waals surface area contributed by atoms with Crippen LogP contribution in [0.5, 0.6) is 0 Å². The highest BCUT2D eigenvalue weighted by atomic mass is 16.4. The van der Waals surface area contributed by atoms with Crippen molar-refractivity contribution in [3.05, 3.63) is 42.5 Å². The van der Waals surface area contributed by atoms with Gasteiger partial charge in [-0.05, 0) is 31.9 Å². The lowest BCUT2D eigenvalue weighted by Gasteiger charge is -2.29. The number of allylic oxidation sites excluding steroid dienone is 1. The molecule has 0 unspecified atom stereocenters. The minimum absolute atomic E-state index is 0.254. The second-order valence-electron chi connectivity index (χ2n) is 5.02. The smallest absolute Gasteiger partial charge is 0.322 e. The van der Waals surface area contributed by atoms with E-state index in [-0.39, 0.29) is 12.1 Å². The van der Waals surface area contributed by atoms with Gasteiger partial charge in [-0.25, -0.2) is 4.79 Å². The normalized spacial score (nSPS) is 20.8. The number of nitrogens with zero attached hydrogens (tertiary/aromatic N) is 1. The summed E-state index contributed by atoms with van der Waals surface area (Å²) >= 11 is 0. The lowest BCUT2D eigenvalue weighted by atomic mass is 9.89. The topological polar surface area (TPSA) is 69.6 Å². The molecule has 0 aliphatic heterocycles. The van der Waals surface area contributed by atoms with E-state index in [4.69, 9.17) is 0 Å². The summed E-state index contributed by atoms with van der Waals surface area (Å²) in [5.41, 5.74) is 0.802. The van der Waals surface area contributed by atoms with Gasteiger partial charge in [0, 0.05) is 18.3 Å². The van der Waals surface area contributed by atoms with Crippen molar-refractivity contribution in [1.29, 1.82) is 0 Å². The van der Waals surface area contributed by atoms with Crippen LogP contribution >= 0.6 is 0 Å². The highest BCUT2D eigenvalue weighted by molar-refractivity contribution is 5.92. The van der Waals surface area contributed by atoms with Crippen LogP contribution in [0, 0.1) is 5.92 Å². The number of hydrogen-bond acceptors (Lipinski definition) is 2. The number of carbonyl (C=O) groups excluding carboxylic acids is 1. The number of nitrogens with one attached hydrogen (secondary N) is 1. The number of hydrogen-bond donors (Lipinski definition) is 2. The average Bonchev–Trinajstić information content (AvgIpc) is 2.49. The second kappa shape index (κ2) is 6.92. The molecule has 0 heterocycles. The predicted octanol–water partition coefficient (Wildman–Crippen LogP) is 2.64. The molecule has 0 bridgehead atoms. The Morgan fingerprint density at radius 1 is 1.24 bits per heavy atom. The van der Waals surface area contributed by atoms with Crippen molar-refractivity contribution >= 4 is 17.7 Å². The summed E-state index contributed by atoms with van der Waals surface area (Å²) < 4.78 is 0. The van der Waals surface area contributed by atoms with Crippen molar-refractivity contribution in [1.82, 2.24) is 5.32 Å². The Balaban J connectivity index is 2.08. The van der Waals surface area contributed by atoms with Crippen molar-refractivity contribution < 1.29 is 14.7 Å². The lowest BCUT2D eigenvalue weighted by molar-refractivity contribution is -0.142. The highest BCUT2D eigenvalue weighted by Crippen LogP contribution is 2.20. The van der Waals surface area contributed by atoms with E-state index in [0.717, 1.165) is 5.69 Å².